The van der Waals surface area contributed by atoms with E-state index >= 15 is 0 Å². The molecule has 3 fully saturated rings. The molecule has 2 bridgehead atoms. The third-order valence-corrected chi connectivity index (χ3v) is 6.28. The summed E-state index contributed by atoms with van der Waals surface area (Å²) in [7, 11) is 1.88. The summed E-state index contributed by atoms with van der Waals surface area (Å²) in [5.74, 6) is 0.902. The summed E-state index contributed by atoms with van der Waals surface area (Å²) in [5, 5.41) is 8.73. The summed E-state index contributed by atoms with van der Waals surface area (Å²) < 4.78 is 2.00. The average molecular weight is 355 g/mol. The molecule has 140 valence electrons. The monoisotopic (exact) mass is 355 g/mol. The first-order valence-corrected chi connectivity index (χ1v) is 9.85. The minimum atomic E-state index is 0.139. The molecule has 0 spiro atoms. The Hall–Kier alpha value is -1.95. The third kappa shape index (κ3) is 3.34. The Morgan fingerprint density at radius 3 is 3.08 bits per heavy atom. The Balaban J connectivity index is 1.39. The van der Waals surface area contributed by atoms with Crippen LogP contribution in [-0.2, 0) is 11.3 Å². The van der Waals surface area contributed by atoms with Gasteiger partial charge in [-0.3, -0.25) is 14.4 Å². The fourth-order valence-corrected chi connectivity index (χ4v) is 4.83. The Kier molecular flexibility index (Phi) is 4.94. The van der Waals surface area contributed by atoms with Crippen molar-refractivity contribution >= 4 is 11.5 Å². The first-order valence-electron chi connectivity index (χ1n) is 9.85. The zero-order chi connectivity index (χ0) is 18.1. The van der Waals surface area contributed by atoms with Crippen molar-refractivity contribution in [3.8, 4) is 0 Å². The number of fused-ring (bicyclic) bond motifs is 3. The van der Waals surface area contributed by atoms with Crippen LogP contribution in [0.3, 0.4) is 0 Å². The maximum absolute atomic E-state index is 12.7. The minimum absolute atomic E-state index is 0.139. The van der Waals surface area contributed by atoms with Crippen molar-refractivity contribution in [2.45, 2.75) is 44.7 Å². The number of rotatable bonds is 6. The summed E-state index contributed by atoms with van der Waals surface area (Å²) >= 11 is 0. The first kappa shape index (κ1) is 17.5. The van der Waals surface area contributed by atoms with Crippen LogP contribution < -0.4 is 0 Å². The molecule has 3 aliphatic heterocycles. The number of piperidine rings is 3. The van der Waals surface area contributed by atoms with Crippen LogP contribution in [0.4, 0.5) is 0 Å². The topological polar surface area (TPSA) is 54.3 Å². The van der Waals surface area contributed by atoms with Crippen molar-refractivity contribution in [2.24, 2.45) is 11.8 Å². The molecule has 1 amide bonds. The van der Waals surface area contributed by atoms with Crippen LogP contribution in [0.5, 0.6) is 0 Å². The summed E-state index contributed by atoms with van der Waals surface area (Å²) in [6.45, 7) is 7.22. The van der Waals surface area contributed by atoms with E-state index < -0.39 is 0 Å². The molecule has 1 unspecified atom stereocenters. The molecule has 4 heterocycles. The highest BCUT2D eigenvalue weighted by atomic mass is 16.2. The predicted molar refractivity (Wildman–Crippen MR) is 101 cm³/mol. The average Bonchev–Trinajstić information content (AvgIpc) is 3.33. The van der Waals surface area contributed by atoms with Gasteiger partial charge in [0.1, 0.15) is 5.69 Å². The summed E-state index contributed by atoms with van der Waals surface area (Å²) in [5.41, 5.74) is 2.38. The van der Waals surface area contributed by atoms with Crippen molar-refractivity contribution in [3.05, 3.63) is 30.6 Å². The van der Waals surface area contributed by atoms with Crippen LogP contribution in [-0.4, -0.2) is 63.4 Å². The molecule has 3 saturated heterocycles. The molecule has 5 rings (SSSR count). The van der Waals surface area contributed by atoms with E-state index in [-0.39, 0.29) is 11.8 Å². The van der Waals surface area contributed by atoms with Gasteiger partial charge < -0.3 is 4.90 Å². The lowest BCUT2D eigenvalue weighted by Crippen LogP contribution is -2.58. The van der Waals surface area contributed by atoms with Gasteiger partial charge in [0.15, 0.2) is 0 Å². The second kappa shape index (κ2) is 7.35. The highest BCUT2D eigenvalue weighted by molar-refractivity contribution is 5.79. The van der Waals surface area contributed by atoms with Gasteiger partial charge >= 0.3 is 0 Å². The zero-order valence-electron chi connectivity index (χ0n) is 15.7. The van der Waals surface area contributed by atoms with Gasteiger partial charge in [-0.05, 0) is 50.1 Å². The summed E-state index contributed by atoms with van der Waals surface area (Å²) in [6, 6.07) is 0.467. The lowest BCUT2D eigenvalue weighted by Gasteiger charge is -2.49. The smallest absolute Gasteiger partial charge is 0.227 e. The van der Waals surface area contributed by atoms with Gasteiger partial charge in [-0.2, -0.15) is 0 Å². The van der Waals surface area contributed by atoms with Gasteiger partial charge in [0.2, 0.25) is 5.91 Å². The van der Waals surface area contributed by atoms with Gasteiger partial charge in [0.25, 0.3) is 0 Å². The molecule has 1 aliphatic carbocycles. The highest BCUT2D eigenvalue weighted by Crippen LogP contribution is 2.37. The van der Waals surface area contributed by atoms with Crippen LogP contribution in [0.25, 0.3) is 5.57 Å². The number of nitrogens with zero attached hydrogens (tertiary/aromatic N) is 5. The van der Waals surface area contributed by atoms with Crippen molar-refractivity contribution < 1.29 is 4.79 Å². The van der Waals surface area contributed by atoms with E-state index in [9.17, 15) is 4.79 Å². The molecule has 0 N–H and O–H groups in total. The fraction of sp³-hybridized carbons (Fsp3) is 0.650. The third-order valence-electron chi connectivity index (χ3n) is 6.28. The maximum atomic E-state index is 12.7. The summed E-state index contributed by atoms with van der Waals surface area (Å²) in [6.07, 6.45) is 11.9. The molecule has 1 aromatic heterocycles. The molecule has 0 radical (unpaired) electrons. The van der Waals surface area contributed by atoms with Gasteiger partial charge in [0.05, 0.1) is 18.7 Å². The van der Waals surface area contributed by atoms with E-state index in [1.807, 2.05) is 16.6 Å². The maximum Gasteiger partial charge on any atom is 0.227 e. The SMILES string of the molecule is C=CCN(C)C(=O)[C@@H]1CN2CC[C@@H]1C[C@@H]2Cn1cc(C2=CCCC2)nn1. The quantitative estimate of drug-likeness (QED) is 0.734. The molecular weight excluding hydrogens is 326 g/mol. The number of allylic oxidation sites excluding steroid dienone is 2. The standard InChI is InChI=1S/C20H29N5O/c1-3-9-23(2)20(26)18-13-24-10-8-16(18)11-17(24)12-25-14-19(21-22-25)15-6-4-5-7-15/h3,6,14,16-18H,1,4-5,7-13H2,2H3/t16-,17-,18-/m1/s1. The number of aromatic nitrogens is 3. The Labute approximate surface area is 155 Å². The molecule has 1 aromatic rings. The Morgan fingerprint density at radius 2 is 2.38 bits per heavy atom. The largest absolute Gasteiger partial charge is 0.342 e. The lowest BCUT2D eigenvalue weighted by atomic mass is 9.75. The van der Waals surface area contributed by atoms with E-state index in [0.29, 0.717) is 18.5 Å². The number of hydrogen-bond donors (Lipinski definition) is 0. The normalized spacial score (nSPS) is 30.3. The molecule has 4 aliphatic rings. The first-order chi connectivity index (χ1) is 12.7. The number of carbonyl (C=O) groups excluding carboxylic acids is 1. The Morgan fingerprint density at radius 1 is 1.50 bits per heavy atom. The van der Waals surface area contributed by atoms with Crippen LogP contribution in [0.2, 0.25) is 0 Å². The van der Waals surface area contributed by atoms with Crippen LogP contribution in [0.15, 0.2) is 24.9 Å². The van der Waals surface area contributed by atoms with Crippen LogP contribution in [0.1, 0.15) is 37.8 Å². The molecule has 0 aromatic carbocycles. The van der Waals surface area contributed by atoms with E-state index in [0.717, 1.165) is 51.0 Å². The fourth-order valence-electron chi connectivity index (χ4n) is 4.83. The molecule has 6 heteroatoms. The zero-order valence-corrected chi connectivity index (χ0v) is 15.7. The lowest BCUT2D eigenvalue weighted by molar-refractivity contribution is -0.142. The number of hydrogen-bond acceptors (Lipinski definition) is 4. The van der Waals surface area contributed by atoms with Gasteiger partial charge in [-0.15, -0.1) is 11.7 Å². The number of likely N-dealkylation sites (N-methyl/N-ethyl adjacent to an activating group) is 1. The predicted octanol–water partition coefficient (Wildman–Crippen LogP) is 2.20. The molecule has 26 heavy (non-hydrogen) atoms. The van der Waals surface area contributed by atoms with Crippen LogP contribution >= 0.6 is 0 Å². The molecule has 4 atom stereocenters. The summed E-state index contributed by atoms with van der Waals surface area (Å²) in [4.78, 5) is 17.0. The van der Waals surface area contributed by atoms with Crippen molar-refractivity contribution in [1.82, 2.24) is 24.8 Å². The van der Waals surface area contributed by atoms with Gasteiger partial charge in [0, 0.05) is 26.2 Å². The van der Waals surface area contributed by atoms with E-state index in [1.54, 1.807) is 6.08 Å². The number of carbonyl (C=O) groups is 1. The van der Waals surface area contributed by atoms with Crippen molar-refractivity contribution in [2.75, 3.05) is 26.7 Å². The second-order valence-corrected chi connectivity index (χ2v) is 7.99. The van der Waals surface area contributed by atoms with Gasteiger partial charge in [-0.1, -0.05) is 17.4 Å². The van der Waals surface area contributed by atoms with E-state index in [1.165, 1.54) is 12.0 Å². The van der Waals surface area contributed by atoms with Gasteiger partial charge in [-0.25, -0.2) is 0 Å². The minimum Gasteiger partial charge on any atom is -0.342 e. The molecular formula is C20H29N5O. The second-order valence-electron chi connectivity index (χ2n) is 7.99. The van der Waals surface area contributed by atoms with Crippen LogP contribution in [0, 0.1) is 11.8 Å². The Bertz CT molecular complexity index is 709. The van der Waals surface area contributed by atoms with Crippen molar-refractivity contribution in [1.29, 1.82) is 0 Å². The highest BCUT2D eigenvalue weighted by Gasteiger charge is 2.44. The molecule has 6 nitrogen and oxygen atoms in total. The van der Waals surface area contributed by atoms with E-state index in [2.05, 4.69) is 34.1 Å². The van der Waals surface area contributed by atoms with Crippen molar-refractivity contribution in [3.63, 3.8) is 0 Å². The van der Waals surface area contributed by atoms with E-state index in [4.69, 9.17) is 0 Å². The molecule has 0 saturated carbocycles. The number of amides is 1.